The third-order valence-corrected chi connectivity index (χ3v) is 4.71. The van der Waals surface area contributed by atoms with Gasteiger partial charge in [-0.05, 0) is 41.0 Å². The minimum atomic E-state index is -0.278. The zero-order chi connectivity index (χ0) is 16.5. The van der Waals surface area contributed by atoms with Gasteiger partial charge in [-0.1, -0.05) is 18.2 Å². The summed E-state index contributed by atoms with van der Waals surface area (Å²) < 4.78 is 19.0. The molecule has 2 aliphatic rings. The molecule has 4 nitrogen and oxygen atoms in total. The van der Waals surface area contributed by atoms with Crippen molar-refractivity contribution >= 4 is 18.3 Å². The van der Waals surface area contributed by atoms with E-state index in [2.05, 4.69) is 5.32 Å². The summed E-state index contributed by atoms with van der Waals surface area (Å²) in [5, 5.41) is 3.29. The molecular weight excluding hydrogens is 343 g/mol. The molecule has 0 aromatic heterocycles. The highest BCUT2D eigenvalue weighted by molar-refractivity contribution is 5.95. The summed E-state index contributed by atoms with van der Waals surface area (Å²) in [5.41, 5.74) is 3.72. The molecule has 1 saturated heterocycles. The fourth-order valence-electron chi connectivity index (χ4n) is 3.43. The van der Waals surface area contributed by atoms with Gasteiger partial charge in [0.1, 0.15) is 5.82 Å². The molecule has 0 spiro atoms. The smallest absolute Gasteiger partial charge is 0.254 e. The Morgan fingerprint density at radius 1 is 1.16 bits per heavy atom. The molecule has 2 aromatic rings. The maximum absolute atomic E-state index is 13.6. The molecule has 2 aromatic carbocycles. The Morgan fingerprint density at radius 2 is 2.00 bits per heavy atom. The number of benzene rings is 2. The molecule has 6 heteroatoms. The molecule has 1 fully saturated rings. The van der Waals surface area contributed by atoms with E-state index < -0.39 is 0 Å². The van der Waals surface area contributed by atoms with Crippen LogP contribution >= 0.6 is 12.4 Å². The van der Waals surface area contributed by atoms with E-state index >= 15 is 0 Å². The van der Waals surface area contributed by atoms with Crippen LogP contribution in [0.25, 0.3) is 0 Å². The van der Waals surface area contributed by atoms with E-state index in [9.17, 15) is 9.18 Å². The molecule has 1 amide bonds. The Kier molecular flexibility index (Phi) is 5.37. The van der Waals surface area contributed by atoms with Crippen LogP contribution in [0.5, 0.6) is 0 Å². The van der Waals surface area contributed by atoms with Crippen molar-refractivity contribution in [1.82, 2.24) is 10.2 Å². The van der Waals surface area contributed by atoms with E-state index in [0.717, 1.165) is 23.2 Å². The second kappa shape index (κ2) is 7.52. The number of ether oxygens (including phenoxy) is 1. The number of hydrogen-bond acceptors (Lipinski definition) is 3. The molecule has 4 rings (SSSR count). The number of halogens is 2. The minimum absolute atomic E-state index is 0. The van der Waals surface area contributed by atoms with E-state index in [1.807, 2.05) is 29.2 Å². The third-order valence-electron chi connectivity index (χ3n) is 4.71. The van der Waals surface area contributed by atoms with Crippen molar-refractivity contribution in [2.75, 3.05) is 19.6 Å². The van der Waals surface area contributed by atoms with Gasteiger partial charge in [-0.25, -0.2) is 4.39 Å². The first-order valence-corrected chi connectivity index (χ1v) is 8.19. The van der Waals surface area contributed by atoms with Crippen LogP contribution in [0.15, 0.2) is 42.5 Å². The molecule has 0 saturated carbocycles. The van der Waals surface area contributed by atoms with Gasteiger partial charge in [0.15, 0.2) is 0 Å². The number of nitrogens with zero attached hydrogens (tertiary/aromatic N) is 1. The molecule has 2 heterocycles. The lowest BCUT2D eigenvalue weighted by atomic mass is 10.0. The van der Waals surface area contributed by atoms with E-state index in [1.165, 1.54) is 12.1 Å². The SMILES string of the molecule is Cl.O=C(c1ccc2c(c1)COC2)N1CCNCC1c1cccc(F)c1. The quantitative estimate of drug-likeness (QED) is 0.892. The van der Waals surface area contributed by atoms with Gasteiger partial charge >= 0.3 is 0 Å². The standard InChI is InChI=1S/C19H19FN2O2.ClH/c20-17-3-1-2-13(9-17)18-10-21-6-7-22(18)19(23)14-4-5-15-11-24-12-16(15)8-14;/h1-5,8-9,18,21H,6-7,10-12H2;1H. The maximum atomic E-state index is 13.6. The predicted octanol–water partition coefficient (Wildman–Crippen LogP) is 3.06. The van der Waals surface area contributed by atoms with Gasteiger partial charge in [0, 0.05) is 25.2 Å². The lowest BCUT2D eigenvalue weighted by Crippen LogP contribution is -2.48. The highest BCUT2D eigenvalue weighted by Crippen LogP contribution is 2.27. The fraction of sp³-hybridized carbons (Fsp3) is 0.316. The molecule has 2 aliphatic heterocycles. The van der Waals surface area contributed by atoms with Crippen LogP contribution in [0.3, 0.4) is 0 Å². The Morgan fingerprint density at radius 3 is 2.84 bits per heavy atom. The first-order chi connectivity index (χ1) is 11.7. The van der Waals surface area contributed by atoms with Gasteiger partial charge in [-0.15, -0.1) is 12.4 Å². The number of carbonyl (C=O) groups excluding carboxylic acids is 1. The van der Waals surface area contributed by atoms with Crippen LogP contribution in [-0.2, 0) is 18.0 Å². The second-order valence-corrected chi connectivity index (χ2v) is 6.25. The summed E-state index contributed by atoms with van der Waals surface area (Å²) in [6.45, 7) is 3.15. The van der Waals surface area contributed by atoms with E-state index in [-0.39, 0.29) is 30.2 Å². The number of fused-ring (bicyclic) bond motifs is 1. The monoisotopic (exact) mass is 362 g/mol. The van der Waals surface area contributed by atoms with Gasteiger partial charge in [0.2, 0.25) is 0 Å². The van der Waals surface area contributed by atoms with Crippen molar-refractivity contribution in [3.05, 3.63) is 70.5 Å². The van der Waals surface area contributed by atoms with Crippen LogP contribution in [0, 0.1) is 5.82 Å². The zero-order valence-corrected chi connectivity index (χ0v) is 14.5. The Hall–Kier alpha value is -1.95. The summed E-state index contributed by atoms with van der Waals surface area (Å²) in [6.07, 6.45) is 0. The second-order valence-electron chi connectivity index (χ2n) is 6.25. The van der Waals surface area contributed by atoms with Crippen molar-refractivity contribution in [1.29, 1.82) is 0 Å². The van der Waals surface area contributed by atoms with E-state index in [0.29, 0.717) is 31.9 Å². The molecule has 25 heavy (non-hydrogen) atoms. The Balaban J connectivity index is 0.00000182. The molecule has 0 radical (unpaired) electrons. The number of carbonyl (C=O) groups is 1. The molecule has 1 unspecified atom stereocenters. The van der Waals surface area contributed by atoms with Crippen LogP contribution in [0.4, 0.5) is 4.39 Å². The zero-order valence-electron chi connectivity index (χ0n) is 13.7. The average molecular weight is 363 g/mol. The Bertz CT molecular complexity index is 784. The van der Waals surface area contributed by atoms with Gasteiger partial charge in [-0.2, -0.15) is 0 Å². The van der Waals surface area contributed by atoms with Gasteiger partial charge in [0.05, 0.1) is 19.3 Å². The van der Waals surface area contributed by atoms with Gasteiger partial charge in [-0.3, -0.25) is 4.79 Å². The summed E-state index contributed by atoms with van der Waals surface area (Å²) in [5.74, 6) is -0.291. The predicted molar refractivity (Wildman–Crippen MR) is 95.2 cm³/mol. The molecule has 132 valence electrons. The molecular formula is C19H20ClFN2O2. The summed E-state index contributed by atoms with van der Waals surface area (Å²) >= 11 is 0. The normalized spacial score (nSPS) is 19.2. The van der Waals surface area contributed by atoms with Crippen molar-refractivity contribution in [2.45, 2.75) is 19.3 Å². The number of piperazine rings is 1. The first kappa shape index (κ1) is 17.9. The molecule has 1 N–H and O–H groups in total. The highest BCUT2D eigenvalue weighted by Gasteiger charge is 2.29. The van der Waals surface area contributed by atoms with Crippen molar-refractivity contribution in [3.63, 3.8) is 0 Å². The van der Waals surface area contributed by atoms with E-state index in [1.54, 1.807) is 6.07 Å². The van der Waals surface area contributed by atoms with Crippen LogP contribution in [0.1, 0.15) is 33.1 Å². The number of hydrogen-bond donors (Lipinski definition) is 1. The number of amides is 1. The molecule has 0 aliphatic carbocycles. The van der Waals surface area contributed by atoms with Crippen LogP contribution in [0.2, 0.25) is 0 Å². The number of nitrogens with one attached hydrogen (secondary N) is 1. The van der Waals surface area contributed by atoms with Crippen LogP contribution in [-0.4, -0.2) is 30.4 Å². The van der Waals surface area contributed by atoms with E-state index in [4.69, 9.17) is 4.74 Å². The lowest BCUT2D eigenvalue weighted by molar-refractivity contribution is 0.0634. The average Bonchev–Trinajstić information content (AvgIpc) is 3.09. The lowest BCUT2D eigenvalue weighted by Gasteiger charge is -2.36. The minimum Gasteiger partial charge on any atom is -0.372 e. The number of rotatable bonds is 2. The largest absolute Gasteiger partial charge is 0.372 e. The first-order valence-electron chi connectivity index (χ1n) is 8.19. The van der Waals surface area contributed by atoms with Crippen molar-refractivity contribution in [2.24, 2.45) is 0 Å². The van der Waals surface area contributed by atoms with Gasteiger partial charge in [0.25, 0.3) is 5.91 Å². The fourth-order valence-corrected chi connectivity index (χ4v) is 3.43. The molecule has 1 atom stereocenters. The van der Waals surface area contributed by atoms with Crippen molar-refractivity contribution in [3.8, 4) is 0 Å². The summed E-state index contributed by atoms with van der Waals surface area (Å²) in [6, 6.07) is 12.1. The molecule has 0 bridgehead atoms. The maximum Gasteiger partial charge on any atom is 0.254 e. The van der Waals surface area contributed by atoms with Crippen LogP contribution < -0.4 is 5.32 Å². The summed E-state index contributed by atoms with van der Waals surface area (Å²) in [7, 11) is 0. The topological polar surface area (TPSA) is 41.6 Å². The highest BCUT2D eigenvalue weighted by atomic mass is 35.5. The van der Waals surface area contributed by atoms with Crippen molar-refractivity contribution < 1.29 is 13.9 Å². The summed E-state index contributed by atoms with van der Waals surface area (Å²) in [4.78, 5) is 14.9. The van der Waals surface area contributed by atoms with Gasteiger partial charge < -0.3 is 15.0 Å². The Labute approximate surface area is 152 Å². The third kappa shape index (κ3) is 3.54.